The van der Waals surface area contributed by atoms with E-state index in [2.05, 4.69) is 10.6 Å². The maximum Gasteiger partial charge on any atom is 0.329 e. The van der Waals surface area contributed by atoms with Gasteiger partial charge in [-0.1, -0.05) is 0 Å². The van der Waals surface area contributed by atoms with Crippen molar-refractivity contribution in [3.05, 3.63) is 29.8 Å². The minimum Gasteiger partial charge on any atom is -0.460 e. The maximum atomic E-state index is 12.6. The van der Waals surface area contributed by atoms with Crippen LogP contribution in [0.2, 0.25) is 0 Å². The number of anilines is 1. The summed E-state index contributed by atoms with van der Waals surface area (Å²) >= 11 is 0. The van der Waals surface area contributed by atoms with E-state index < -0.39 is 35.1 Å². The van der Waals surface area contributed by atoms with Crippen LogP contribution in [0.5, 0.6) is 0 Å². The number of hydrogen-bond acceptors (Lipinski definition) is 6. The van der Waals surface area contributed by atoms with Gasteiger partial charge >= 0.3 is 11.9 Å². The van der Waals surface area contributed by atoms with Crippen LogP contribution in [0.1, 0.15) is 71.7 Å². The van der Waals surface area contributed by atoms with Gasteiger partial charge in [-0.3, -0.25) is 9.59 Å². The molecule has 0 bridgehead atoms. The van der Waals surface area contributed by atoms with Crippen LogP contribution in [0, 0.1) is 0 Å². The largest absolute Gasteiger partial charge is 0.460 e. The topological polar surface area (TPSA) is 93.7 Å². The van der Waals surface area contributed by atoms with Crippen LogP contribution in [0.3, 0.4) is 0 Å². The quantitative estimate of drug-likeness (QED) is 0.640. The van der Waals surface area contributed by atoms with E-state index in [0.29, 0.717) is 5.56 Å². The first kappa shape index (κ1) is 24.5. The van der Waals surface area contributed by atoms with Crippen LogP contribution >= 0.6 is 0 Å². The Kier molecular flexibility index (Phi) is 8.67. The lowest BCUT2D eigenvalue weighted by Gasteiger charge is -2.25. The van der Waals surface area contributed by atoms with Crippen LogP contribution in [-0.4, -0.2) is 41.6 Å². The molecule has 7 nitrogen and oxygen atoms in total. The Balaban J connectivity index is 2.85. The number of carbonyl (C=O) groups is 3. The number of amides is 1. The zero-order valence-electron chi connectivity index (χ0n) is 18.5. The second kappa shape index (κ2) is 10.3. The van der Waals surface area contributed by atoms with E-state index in [9.17, 15) is 14.4 Å². The Morgan fingerprint density at radius 1 is 0.931 bits per heavy atom. The summed E-state index contributed by atoms with van der Waals surface area (Å²) in [6, 6.07) is 5.98. The highest BCUT2D eigenvalue weighted by molar-refractivity contribution is 5.97. The van der Waals surface area contributed by atoms with Crippen LogP contribution in [0.15, 0.2) is 24.3 Å². The maximum absolute atomic E-state index is 12.6. The van der Waals surface area contributed by atoms with Crippen LogP contribution in [0.4, 0.5) is 5.69 Å². The highest BCUT2D eigenvalue weighted by Gasteiger charge is 2.28. The van der Waals surface area contributed by atoms with E-state index in [1.54, 1.807) is 65.8 Å². The number of rotatable bonds is 8. The first-order valence-electron chi connectivity index (χ1n) is 9.90. The average molecular weight is 407 g/mol. The normalized spacial score (nSPS) is 12.7. The van der Waals surface area contributed by atoms with Crippen molar-refractivity contribution in [2.24, 2.45) is 0 Å². The van der Waals surface area contributed by atoms with Gasteiger partial charge in [0.15, 0.2) is 0 Å². The van der Waals surface area contributed by atoms with E-state index in [1.165, 1.54) is 0 Å². The van der Waals surface area contributed by atoms with Gasteiger partial charge in [-0.25, -0.2) is 4.79 Å². The Bertz CT molecular complexity index is 699. The van der Waals surface area contributed by atoms with Crippen LogP contribution < -0.4 is 10.6 Å². The van der Waals surface area contributed by atoms with Crippen molar-refractivity contribution < 1.29 is 23.9 Å². The van der Waals surface area contributed by atoms with Crippen LogP contribution in [-0.2, 0) is 19.1 Å². The summed E-state index contributed by atoms with van der Waals surface area (Å²) in [5.41, 5.74) is -0.00899. The average Bonchev–Trinajstić information content (AvgIpc) is 2.56. The van der Waals surface area contributed by atoms with E-state index in [-0.39, 0.29) is 12.8 Å². The summed E-state index contributed by atoms with van der Waals surface area (Å²) in [7, 11) is 0. The Morgan fingerprint density at radius 3 is 1.97 bits per heavy atom. The van der Waals surface area contributed by atoms with Crippen molar-refractivity contribution in [2.75, 3.05) is 11.9 Å². The van der Waals surface area contributed by atoms with Gasteiger partial charge in [0.1, 0.15) is 17.2 Å². The standard InChI is InChI=1S/C22H34N2O5/c1-8-23-16-11-9-15(10-12-16)19(26)24-17(20(27)29-22(5,6)7)13-14-18(25)28-21(2,3)4/h9-12,17,23H,8,13-14H2,1-7H3,(H,24,26)/t17-/m0/s1. The second-order valence-corrected chi connectivity index (χ2v) is 8.79. The number of nitrogens with one attached hydrogen (secondary N) is 2. The monoisotopic (exact) mass is 406 g/mol. The van der Waals surface area contributed by atoms with Gasteiger partial charge in [-0.05, 0) is 79.2 Å². The predicted molar refractivity (Wildman–Crippen MR) is 113 cm³/mol. The van der Waals surface area contributed by atoms with E-state index in [0.717, 1.165) is 12.2 Å². The summed E-state index contributed by atoms with van der Waals surface area (Å²) < 4.78 is 10.7. The molecule has 0 aliphatic carbocycles. The predicted octanol–water partition coefficient (Wildman–Crippen LogP) is 3.68. The van der Waals surface area contributed by atoms with E-state index in [1.807, 2.05) is 6.92 Å². The molecule has 0 spiro atoms. The lowest BCUT2D eigenvalue weighted by molar-refractivity contribution is -0.158. The minimum atomic E-state index is -0.956. The van der Waals surface area contributed by atoms with Crippen molar-refractivity contribution in [3.63, 3.8) is 0 Å². The molecule has 1 rings (SSSR count). The van der Waals surface area contributed by atoms with Gasteiger partial charge in [0.2, 0.25) is 0 Å². The Hall–Kier alpha value is -2.57. The molecule has 0 saturated carbocycles. The third-order valence-electron chi connectivity index (χ3n) is 3.58. The van der Waals surface area contributed by atoms with Gasteiger partial charge in [0.25, 0.3) is 5.91 Å². The molecule has 0 radical (unpaired) electrons. The third kappa shape index (κ3) is 9.96. The van der Waals surface area contributed by atoms with Crippen molar-refractivity contribution in [1.29, 1.82) is 0 Å². The van der Waals surface area contributed by atoms with Gasteiger partial charge in [-0.2, -0.15) is 0 Å². The molecule has 0 unspecified atom stereocenters. The Morgan fingerprint density at radius 2 is 1.48 bits per heavy atom. The molecule has 1 aromatic carbocycles. The fourth-order valence-corrected chi connectivity index (χ4v) is 2.46. The van der Waals surface area contributed by atoms with E-state index in [4.69, 9.17) is 9.47 Å². The van der Waals surface area contributed by atoms with Gasteiger partial charge < -0.3 is 20.1 Å². The molecule has 162 valence electrons. The fourth-order valence-electron chi connectivity index (χ4n) is 2.46. The molecule has 1 aromatic rings. The SMILES string of the molecule is CCNc1ccc(C(=O)N[C@@H](CCC(=O)OC(C)(C)C)C(=O)OC(C)(C)C)cc1. The lowest BCUT2D eigenvalue weighted by atomic mass is 10.1. The van der Waals surface area contributed by atoms with Crippen LogP contribution in [0.25, 0.3) is 0 Å². The summed E-state index contributed by atoms with van der Waals surface area (Å²) in [5, 5.41) is 5.84. The third-order valence-corrected chi connectivity index (χ3v) is 3.58. The number of benzene rings is 1. The summed E-state index contributed by atoms with van der Waals surface area (Å²) in [5.74, 6) is -1.43. The first-order chi connectivity index (χ1) is 13.3. The van der Waals surface area contributed by atoms with Crippen molar-refractivity contribution in [3.8, 4) is 0 Å². The number of hydrogen-bond donors (Lipinski definition) is 2. The summed E-state index contributed by atoms with van der Waals surface area (Å²) in [6.07, 6.45) is 0.0753. The lowest BCUT2D eigenvalue weighted by Crippen LogP contribution is -2.44. The number of esters is 2. The highest BCUT2D eigenvalue weighted by atomic mass is 16.6. The molecule has 0 fully saturated rings. The molecular weight excluding hydrogens is 372 g/mol. The zero-order chi connectivity index (χ0) is 22.2. The van der Waals surface area contributed by atoms with Gasteiger partial charge in [0.05, 0.1) is 0 Å². The number of ether oxygens (including phenoxy) is 2. The Labute approximate surface area is 173 Å². The molecular formula is C22H34N2O5. The molecule has 2 N–H and O–H groups in total. The van der Waals surface area contributed by atoms with Crippen molar-refractivity contribution >= 4 is 23.5 Å². The minimum absolute atomic E-state index is 0.0131. The molecule has 0 aromatic heterocycles. The molecule has 0 heterocycles. The van der Waals surface area contributed by atoms with Gasteiger partial charge in [0, 0.05) is 24.2 Å². The summed E-state index contributed by atoms with van der Waals surface area (Å²) in [4.78, 5) is 37.2. The molecule has 0 aliphatic heterocycles. The van der Waals surface area contributed by atoms with E-state index >= 15 is 0 Å². The first-order valence-corrected chi connectivity index (χ1v) is 9.90. The number of carbonyl (C=O) groups excluding carboxylic acids is 3. The highest BCUT2D eigenvalue weighted by Crippen LogP contribution is 2.15. The zero-order valence-corrected chi connectivity index (χ0v) is 18.5. The molecule has 0 aliphatic rings. The molecule has 7 heteroatoms. The smallest absolute Gasteiger partial charge is 0.329 e. The fraction of sp³-hybridized carbons (Fsp3) is 0.591. The molecule has 0 saturated heterocycles. The molecule has 1 atom stereocenters. The van der Waals surface area contributed by atoms with Gasteiger partial charge in [-0.15, -0.1) is 0 Å². The molecule has 29 heavy (non-hydrogen) atoms. The van der Waals surface area contributed by atoms with Crippen molar-refractivity contribution in [2.45, 2.75) is 78.6 Å². The molecule has 1 amide bonds. The summed E-state index contributed by atoms with van der Waals surface area (Å²) in [6.45, 7) is 13.3. The van der Waals surface area contributed by atoms with Crippen molar-refractivity contribution in [1.82, 2.24) is 5.32 Å². The second-order valence-electron chi connectivity index (χ2n) is 8.79.